The molecule has 0 spiro atoms. The number of hydrogen-bond donors (Lipinski definition) is 0. The first-order valence-electron chi connectivity index (χ1n) is 9.16. The van der Waals surface area contributed by atoms with E-state index in [4.69, 9.17) is 4.74 Å². The third-order valence-corrected chi connectivity index (χ3v) is 5.50. The quantitative estimate of drug-likeness (QED) is 0.535. The van der Waals surface area contributed by atoms with Crippen LogP contribution in [0, 0.1) is 0 Å². The van der Waals surface area contributed by atoms with Crippen LogP contribution >= 0.6 is 15.9 Å². The van der Waals surface area contributed by atoms with Crippen molar-refractivity contribution in [3.05, 3.63) is 76.5 Å². The van der Waals surface area contributed by atoms with Crippen LogP contribution in [0.1, 0.15) is 30.7 Å². The summed E-state index contributed by atoms with van der Waals surface area (Å²) in [7, 11) is 0. The molecule has 0 aliphatic carbocycles. The number of cyclic esters (lactones) is 1. The predicted octanol–water partition coefficient (Wildman–Crippen LogP) is 5.04. The molecule has 2 heterocycles. The molecule has 1 aliphatic rings. The van der Waals surface area contributed by atoms with Gasteiger partial charge in [0.1, 0.15) is 4.60 Å². The van der Waals surface area contributed by atoms with Crippen molar-refractivity contribution >= 4 is 38.7 Å². The van der Waals surface area contributed by atoms with Crippen LogP contribution in [-0.4, -0.2) is 27.9 Å². The Morgan fingerprint density at radius 3 is 2.68 bits per heavy atom. The third kappa shape index (κ3) is 3.52. The van der Waals surface area contributed by atoms with Crippen LogP contribution in [0.2, 0.25) is 0 Å². The Labute approximate surface area is 171 Å². The van der Waals surface area contributed by atoms with Crippen LogP contribution in [0.15, 0.2) is 65.3 Å². The van der Waals surface area contributed by atoms with Crippen LogP contribution in [-0.2, 0) is 16.0 Å². The maximum atomic E-state index is 12.8. The monoisotopic (exact) mass is 438 g/mol. The Hall–Kier alpha value is -2.73. The molecule has 28 heavy (non-hydrogen) atoms. The lowest BCUT2D eigenvalue weighted by Crippen LogP contribution is -2.38. The van der Waals surface area contributed by atoms with Gasteiger partial charge in [-0.2, -0.15) is 0 Å². The molecular formula is C22H19BrN2O3. The molecule has 3 aromatic rings. The molecule has 1 fully saturated rings. The van der Waals surface area contributed by atoms with Crippen LogP contribution in [0.5, 0.6) is 0 Å². The minimum atomic E-state index is -0.609. The number of imide groups is 1. The largest absolute Gasteiger partial charge is 0.437 e. The molecule has 2 atom stereocenters. The number of aromatic nitrogens is 1. The average Bonchev–Trinajstić information content (AvgIpc) is 3.00. The number of fused-ring (bicyclic) bond motifs is 1. The summed E-state index contributed by atoms with van der Waals surface area (Å²) in [5.74, 6) is -0.233. The predicted molar refractivity (Wildman–Crippen MR) is 110 cm³/mol. The van der Waals surface area contributed by atoms with Crippen molar-refractivity contribution in [1.29, 1.82) is 0 Å². The van der Waals surface area contributed by atoms with Crippen molar-refractivity contribution in [2.24, 2.45) is 0 Å². The summed E-state index contributed by atoms with van der Waals surface area (Å²) in [4.78, 5) is 30.8. The van der Waals surface area contributed by atoms with Crippen molar-refractivity contribution < 1.29 is 14.3 Å². The number of rotatable bonds is 4. The van der Waals surface area contributed by atoms with Gasteiger partial charge in [0, 0.05) is 6.42 Å². The molecule has 142 valence electrons. The van der Waals surface area contributed by atoms with Crippen molar-refractivity contribution in [1.82, 2.24) is 9.88 Å². The first kappa shape index (κ1) is 18.6. The zero-order chi connectivity index (χ0) is 19.7. The van der Waals surface area contributed by atoms with Gasteiger partial charge < -0.3 is 4.74 Å². The van der Waals surface area contributed by atoms with E-state index < -0.39 is 18.2 Å². The fourth-order valence-corrected chi connectivity index (χ4v) is 4.01. The number of nitrogens with zero attached hydrogens (tertiary/aromatic N) is 2. The van der Waals surface area contributed by atoms with Crippen molar-refractivity contribution in [2.45, 2.75) is 31.9 Å². The molecule has 0 saturated carbocycles. The van der Waals surface area contributed by atoms with Gasteiger partial charge in [-0.15, -0.1) is 0 Å². The third-order valence-electron chi connectivity index (χ3n) is 5.05. The fourth-order valence-electron chi connectivity index (χ4n) is 3.66. The van der Waals surface area contributed by atoms with E-state index in [2.05, 4.69) is 39.1 Å². The summed E-state index contributed by atoms with van der Waals surface area (Å²) < 4.78 is 6.11. The van der Waals surface area contributed by atoms with E-state index in [1.807, 2.05) is 37.3 Å². The Bertz CT molecular complexity index is 1050. The molecule has 0 radical (unpaired) electrons. The highest BCUT2D eigenvalue weighted by atomic mass is 79.9. The number of benzene rings is 2. The van der Waals surface area contributed by atoms with E-state index >= 15 is 0 Å². The number of hydrogen-bond acceptors (Lipinski definition) is 4. The number of aryl methyl sites for hydroxylation is 1. The summed E-state index contributed by atoms with van der Waals surface area (Å²) in [5, 5.41) is 2.27. The average molecular weight is 439 g/mol. The zero-order valence-electron chi connectivity index (χ0n) is 15.3. The first-order valence-corrected chi connectivity index (χ1v) is 9.95. The minimum absolute atomic E-state index is 0.233. The number of carbonyl (C=O) groups is 2. The number of carbonyl (C=O) groups excluding carboxylic acids is 2. The zero-order valence-corrected chi connectivity index (χ0v) is 16.9. The Morgan fingerprint density at radius 1 is 1.11 bits per heavy atom. The van der Waals surface area contributed by atoms with E-state index in [1.54, 1.807) is 12.1 Å². The molecule has 5 nitrogen and oxygen atoms in total. The number of pyridine rings is 1. The molecule has 2 amide bonds. The molecule has 0 N–H and O–H groups in total. The molecule has 1 saturated heterocycles. The van der Waals surface area contributed by atoms with Crippen molar-refractivity contribution in [2.75, 3.05) is 0 Å². The highest BCUT2D eigenvalue weighted by molar-refractivity contribution is 9.10. The summed E-state index contributed by atoms with van der Waals surface area (Å²) >= 11 is 3.33. The smallest absolute Gasteiger partial charge is 0.417 e. The number of amides is 2. The maximum absolute atomic E-state index is 12.8. The molecule has 1 aromatic heterocycles. The highest BCUT2D eigenvalue weighted by Gasteiger charge is 2.43. The first-order chi connectivity index (χ1) is 13.5. The van der Waals surface area contributed by atoms with Crippen molar-refractivity contribution in [3.8, 4) is 0 Å². The van der Waals surface area contributed by atoms with Gasteiger partial charge in [-0.25, -0.2) is 14.7 Å². The summed E-state index contributed by atoms with van der Waals surface area (Å²) in [6.07, 6.45) is -0.364. The van der Waals surface area contributed by atoms with Crippen molar-refractivity contribution in [3.63, 3.8) is 0 Å². The van der Waals surface area contributed by atoms with E-state index in [9.17, 15) is 9.59 Å². The second-order valence-corrected chi connectivity index (χ2v) is 7.64. The van der Waals surface area contributed by atoms with Gasteiger partial charge in [-0.1, -0.05) is 48.5 Å². The molecule has 2 aromatic carbocycles. The minimum Gasteiger partial charge on any atom is -0.437 e. The second-order valence-electron chi connectivity index (χ2n) is 6.83. The summed E-state index contributed by atoms with van der Waals surface area (Å²) in [5.41, 5.74) is 1.72. The van der Waals surface area contributed by atoms with Crippen LogP contribution in [0.4, 0.5) is 4.79 Å². The molecule has 0 unspecified atom stereocenters. The van der Waals surface area contributed by atoms with E-state index in [1.165, 1.54) is 4.90 Å². The maximum Gasteiger partial charge on any atom is 0.417 e. The lowest BCUT2D eigenvalue weighted by Gasteiger charge is -2.19. The van der Waals surface area contributed by atoms with Crippen LogP contribution in [0.25, 0.3) is 10.8 Å². The van der Waals surface area contributed by atoms with Crippen LogP contribution in [0.3, 0.4) is 0 Å². The number of ether oxygens (including phenoxy) is 1. The van der Waals surface area contributed by atoms with E-state index in [0.29, 0.717) is 16.7 Å². The Balaban J connectivity index is 1.49. The lowest BCUT2D eigenvalue weighted by molar-refractivity contribution is -0.129. The fraction of sp³-hybridized carbons (Fsp3) is 0.227. The summed E-state index contributed by atoms with van der Waals surface area (Å²) in [6.45, 7) is 1.81. The van der Waals surface area contributed by atoms with Gasteiger partial charge in [0.2, 0.25) is 5.91 Å². The van der Waals surface area contributed by atoms with Gasteiger partial charge in [-0.3, -0.25) is 4.79 Å². The van der Waals surface area contributed by atoms with Gasteiger partial charge in [0.15, 0.2) is 6.10 Å². The SMILES string of the molecule is C[C@H]1[C@@H](c2cccc(Br)n2)OC(=O)N1C(=O)CCc1cccc2ccccc12. The Morgan fingerprint density at radius 2 is 1.86 bits per heavy atom. The normalized spacial score (nSPS) is 19.1. The second kappa shape index (κ2) is 7.72. The topological polar surface area (TPSA) is 59.5 Å². The lowest BCUT2D eigenvalue weighted by atomic mass is 10.0. The van der Waals surface area contributed by atoms with Gasteiger partial charge in [0.05, 0.1) is 11.7 Å². The van der Waals surface area contributed by atoms with E-state index in [-0.39, 0.29) is 12.3 Å². The summed E-state index contributed by atoms with van der Waals surface area (Å²) in [6, 6.07) is 19.2. The highest BCUT2D eigenvalue weighted by Crippen LogP contribution is 2.32. The number of halogens is 1. The molecule has 4 rings (SSSR count). The standard InChI is InChI=1S/C22H19BrN2O3/c1-14-21(18-10-5-11-19(23)24-18)28-22(27)25(14)20(26)13-12-16-8-4-7-15-6-2-3-9-17(15)16/h2-11,14,21H,12-13H2,1H3/t14-,21-/m0/s1. The Kier molecular flexibility index (Phi) is 5.13. The van der Waals surface area contributed by atoms with Gasteiger partial charge in [-0.05, 0) is 57.7 Å². The molecule has 1 aliphatic heterocycles. The molecule has 0 bridgehead atoms. The van der Waals surface area contributed by atoms with E-state index in [0.717, 1.165) is 16.3 Å². The molecular weight excluding hydrogens is 420 g/mol. The van der Waals surface area contributed by atoms with Gasteiger partial charge >= 0.3 is 6.09 Å². The van der Waals surface area contributed by atoms with Gasteiger partial charge in [0.25, 0.3) is 0 Å². The molecule has 6 heteroatoms. The van der Waals surface area contributed by atoms with Crippen LogP contribution < -0.4 is 0 Å².